The molecule has 0 spiro atoms. The average Bonchev–Trinajstić information content (AvgIpc) is 2.75. The Hall–Kier alpha value is -1.32. The van der Waals surface area contributed by atoms with Gasteiger partial charge in [0.15, 0.2) is 0 Å². The normalized spacial score (nSPS) is 11.8. The molecule has 1 aromatic carbocycles. The molecular formula is C15H23N3. The summed E-state index contributed by atoms with van der Waals surface area (Å²) in [5, 5.41) is 4.72. The molecule has 2 aromatic rings. The van der Waals surface area contributed by atoms with Crippen molar-refractivity contribution >= 4 is 10.9 Å². The van der Waals surface area contributed by atoms with Crippen molar-refractivity contribution in [3.63, 3.8) is 0 Å². The summed E-state index contributed by atoms with van der Waals surface area (Å²) in [7, 11) is 2.17. The first kappa shape index (κ1) is 13.1. The number of nitrogens with zero attached hydrogens (tertiary/aromatic N) is 1. The van der Waals surface area contributed by atoms with Crippen LogP contribution >= 0.6 is 0 Å². The second-order valence-corrected chi connectivity index (χ2v) is 5.25. The zero-order chi connectivity index (χ0) is 13.0. The van der Waals surface area contributed by atoms with E-state index in [0.29, 0.717) is 6.04 Å². The number of likely N-dealkylation sites (N-methyl/N-ethyl adjacent to an activating group) is 1. The van der Waals surface area contributed by atoms with Crippen molar-refractivity contribution in [1.29, 1.82) is 0 Å². The lowest BCUT2D eigenvalue weighted by Crippen LogP contribution is -2.32. The Bertz CT molecular complexity index is 487. The molecule has 0 fully saturated rings. The minimum Gasteiger partial charge on any atom is -0.361 e. The molecule has 0 radical (unpaired) electrons. The monoisotopic (exact) mass is 245 g/mol. The van der Waals surface area contributed by atoms with E-state index >= 15 is 0 Å². The van der Waals surface area contributed by atoms with Crippen LogP contribution in [0, 0.1) is 0 Å². The highest BCUT2D eigenvalue weighted by atomic mass is 15.1. The van der Waals surface area contributed by atoms with E-state index in [1.807, 2.05) is 6.20 Å². The Morgan fingerprint density at radius 1 is 1.28 bits per heavy atom. The average molecular weight is 245 g/mol. The van der Waals surface area contributed by atoms with Crippen molar-refractivity contribution in [2.45, 2.75) is 26.4 Å². The summed E-state index contributed by atoms with van der Waals surface area (Å²) in [6.45, 7) is 7.47. The Kier molecular flexibility index (Phi) is 4.39. The third kappa shape index (κ3) is 3.59. The summed E-state index contributed by atoms with van der Waals surface area (Å²) in [5.41, 5.74) is 2.58. The lowest BCUT2D eigenvalue weighted by molar-refractivity contribution is 0.320. The van der Waals surface area contributed by atoms with Crippen LogP contribution in [-0.4, -0.2) is 36.1 Å². The first-order valence-electron chi connectivity index (χ1n) is 6.63. The SMILES string of the molecule is CC(C)NCCN(C)Cc1ccc2cc[nH]c2c1. The zero-order valence-electron chi connectivity index (χ0n) is 11.5. The molecule has 18 heavy (non-hydrogen) atoms. The van der Waals surface area contributed by atoms with Crippen LogP contribution in [0.2, 0.25) is 0 Å². The van der Waals surface area contributed by atoms with Gasteiger partial charge in [0.25, 0.3) is 0 Å². The summed E-state index contributed by atoms with van der Waals surface area (Å²) in [4.78, 5) is 5.61. The minimum atomic E-state index is 0.564. The van der Waals surface area contributed by atoms with E-state index in [-0.39, 0.29) is 0 Å². The second-order valence-electron chi connectivity index (χ2n) is 5.25. The lowest BCUT2D eigenvalue weighted by atomic mass is 10.1. The van der Waals surface area contributed by atoms with Crippen LogP contribution in [0.25, 0.3) is 10.9 Å². The topological polar surface area (TPSA) is 31.1 Å². The summed E-state index contributed by atoms with van der Waals surface area (Å²) in [5.74, 6) is 0. The van der Waals surface area contributed by atoms with Gasteiger partial charge in [-0.05, 0) is 30.1 Å². The molecule has 98 valence electrons. The number of rotatable bonds is 6. The zero-order valence-corrected chi connectivity index (χ0v) is 11.5. The van der Waals surface area contributed by atoms with Gasteiger partial charge in [-0.1, -0.05) is 26.0 Å². The fourth-order valence-electron chi connectivity index (χ4n) is 2.13. The Morgan fingerprint density at radius 3 is 2.89 bits per heavy atom. The fraction of sp³-hybridized carbons (Fsp3) is 0.467. The van der Waals surface area contributed by atoms with Gasteiger partial charge in [0.2, 0.25) is 0 Å². The molecule has 0 aliphatic carbocycles. The van der Waals surface area contributed by atoms with Crippen molar-refractivity contribution in [2.24, 2.45) is 0 Å². The maximum atomic E-state index is 3.44. The van der Waals surface area contributed by atoms with Crippen molar-refractivity contribution in [3.05, 3.63) is 36.0 Å². The van der Waals surface area contributed by atoms with Crippen LogP contribution < -0.4 is 5.32 Å². The molecule has 0 saturated carbocycles. The quantitative estimate of drug-likeness (QED) is 0.819. The van der Waals surface area contributed by atoms with Gasteiger partial charge in [0.05, 0.1) is 0 Å². The highest BCUT2D eigenvalue weighted by molar-refractivity contribution is 5.79. The Labute approximate surface area is 109 Å². The molecule has 0 amide bonds. The van der Waals surface area contributed by atoms with Crippen molar-refractivity contribution < 1.29 is 0 Å². The molecule has 1 heterocycles. The van der Waals surface area contributed by atoms with Gasteiger partial charge < -0.3 is 15.2 Å². The number of aromatic amines is 1. The third-order valence-corrected chi connectivity index (χ3v) is 3.12. The lowest BCUT2D eigenvalue weighted by Gasteiger charge is -2.18. The molecule has 0 atom stereocenters. The Morgan fingerprint density at radius 2 is 2.11 bits per heavy atom. The number of benzene rings is 1. The van der Waals surface area contributed by atoms with Crippen molar-refractivity contribution in [1.82, 2.24) is 15.2 Å². The summed E-state index contributed by atoms with van der Waals surface area (Å²) in [6.07, 6.45) is 1.99. The molecule has 2 N–H and O–H groups in total. The van der Waals surface area contributed by atoms with Gasteiger partial charge in [-0.2, -0.15) is 0 Å². The summed E-state index contributed by atoms with van der Waals surface area (Å²) < 4.78 is 0. The van der Waals surface area contributed by atoms with Crippen LogP contribution in [0.5, 0.6) is 0 Å². The van der Waals surface area contributed by atoms with Gasteiger partial charge in [0, 0.05) is 37.4 Å². The van der Waals surface area contributed by atoms with Crippen molar-refractivity contribution in [2.75, 3.05) is 20.1 Å². The van der Waals surface area contributed by atoms with Gasteiger partial charge in [-0.15, -0.1) is 0 Å². The molecule has 0 aliphatic rings. The van der Waals surface area contributed by atoms with E-state index in [1.54, 1.807) is 0 Å². The molecular weight excluding hydrogens is 222 g/mol. The van der Waals surface area contributed by atoms with E-state index in [0.717, 1.165) is 19.6 Å². The second kappa shape index (κ2) is 6.03. The molecule has 0 saturated heterocycles. The van der Waals surface area contributed by atoms with Crippen LogP contribution in [0.15, 0.2) is 30.5 Å². The first-order chi connectivity index (χ1) is 8.65. The molecule has 2 rings (SSSR count). The molecule has 0 aliphatic heterocycles. The van der Waals surface area contributed by atoms with E-state index in [2.05, 4.69) is 60.4 Å². The van der Waals surface area contributed by atoms with E-state index in [4.69, 9.17) is 0 Å². The number of hydrogen-bond donors (Lipinski definition) is 2. The smallest absolute Gasteiger partial charge is 0.0457 e. The minimum absolute atomic E-state index is 0.564. The van der Waals surface area contributed by atoms with Crippen LogP contribution in [0.1, 0.15) is 19.4 Å². The number of H-pyrrole nitrogens is 1. The molecule has 3 nitrogen and oxygen atoms in total. The summed E-state index contributed by atoms with van der Waals surface area (Å²) in [6, 6.07) is 9.30. The standard InChI is InChI=1S/C15H23N3/c1-12(2)16-8-9-18(3)11-13-4-5-14-6-7-17-15(14)10-13/h4-7,10,12,16-17H,8-9,11H2,1-3H3. The van der Waals surface area contributed by atoms with Crippen LogP contribution in [0.3, 0.4) is 0 Å². The van der Waals surface area contributed by atoms with Gasteiger partial charge >= 0.3 is 0 Å². The molecule has 0 unspecified atom stereocenters. The fourth-order valence-corrected chi connectivity index (χ4v) is 2.13. The molecule has 3 heteroatoms. The number of aromatic nitrogens is 1. The van der Waals surface area contributed by atoms with E-state index in [9.17, 15) is 0 Å². The Balaban J connectivity index is 1.87. The van der Waals surface area contributed by atoms with Crippen LogP contribution in [0.4, 0.5) is 0 Å². The van der Waals surface area contributed by atoms with E-state index in [1.165, 1.54) is 16.5 Å². The van der Waals surface area contributed by atoms with Crippen LogP contribution in [-0.2, 0) is 6.54 Å². The van der Waals surface area contributed by atoms with E-state index < -0.39 is 0 Å². The van der Waals surface area contributed by atoms with Gasteiger partial charge in [-0.3, -0.25) is 0 Å². The largest absolute Gasteiger partial charge is 0.361 e. The predicted octanol–water partition coefficient (Wildman–Crippen LogP) is 2.60. The van der Waals surface area contributed by atoms with Crippen molar-refractivity contribution in [3.8, 4) is 0 Å². The van der Waals surface area contributed by atoms with Gasteiger partial charge in [-0.25, -0.2) is 0 Å². The molecule has 0 bridgehead atoms. The summed E-state index contributed by atoms with van der Waals surface area (Å²) >= 11 is 0. The maximum Gasteiger partial charge on any atom is 0.0457 e. The predicted molar refractivity (Wildman–Crippen MR) is 77.8 cm³/mol. The first-order valence-corrected chi connectivity index (χ1v) is 6.63. The highest BCUT2D eigenvalue weighted by Crippen LogP contribution is 2.14. The third-order valence-electron chi connectivity index (χ3n) is 3.12. The number of nitrogens with one attached hydrogen (secondary N) is 2. The highest BCUT2D eigenvalue weighted by Gasteiger charge is 2.02. The molecule has 1 aromatic heterocycles. The number of fused-ring (bicyclic) bond motifs is 1. The van der Waals surface area contributed by atoms with Gasteiger partial charge in [0.1, 0.15) is 0 Å². The number of hydrogen-bond acceptors (Lipinski definition) is 2. The maximum absolute atomic E-state index is 3.44.